The average Bonchev–Trinajstić information content (AvgIpc) is 2.62. The van der Waals surface area contributed by atoms with Crippen LogP contribution in [-0.2, 0) is 11.2 Å². The molecule has 0 radical (unpaired) electrons. The first-order chi connectivity index (χ1) is 12.1. The van der Waals surface area contributed by atoms with Crippen LogP contribution >= 0.6 is 0 Å². The number of carbonyl (C=O) groups excluding carboxylic acids is 2. The van der Waals surface area contributed by atoms with E-state index in [1.54, 1.807) is 6.92 Å². The summed E-state index contributed by atoms with van der Waals surface area (Å²) >= 11 is 0. The van der Waals surface area contributed by atoms with Crippen LogP contribution in [0.2, 0.25) is 0 Å². The van der Waals surface area contributed by atoms with Crippen LogP contribution in [0, 0.1) is 0 Å². The molecule has 3 aromatic rings. The van der Waals surface area contributed by atoms with Gasteiger partial charge in [0.2, 0.25) is 0 Å². The largest absolute Gasteiger partial charge is 0.322 e. The van der Waals surface area contributed by atoms with E-state index in [0.29, 0.717) is 12.0 Å². The van der Waals surface area contributed by atoms with E-state index in [0.717, 1.165) is 29.3 Å². The van der Waals surface area contributed by atoms with E-state index < -0.39 is 0 Å². The number of rotatable bonds is 6. The van der Waals surface area contributed by atoms with Crippen molar-refractivity contribution in [3.05, 3.63) is 77.9 Å². The Bertz CT molecular complexity index is 897. The lowest BCUT2D eigenvalue weighted by molar-refractivity contribution is -0.117. The Kier molecular flexibility index (Phi) is 5.24. The zero-order valence-corrected chi connectivity index (χ0v) is 14.3. The second-order valence-corrected chi connectivity index (χ2v) is 6.27. The van der Waals surface area contributed by atoms with Crippen molar-refractivity contribution in [3.8, 4) is 0 Å². The van der Waals surface area contributed by atoms with Gasteiger partial charge in [0.25, 0.3) is 5.91 Å². The normalized spacial score (nSPS) is 10.6. The van der Waals surface area contributed by atoms with Gasteiger partial charge in [0.15, 0.2) is 0 Å². The van der Waals surface area contributed by atoms with Crippen molar-refractivity contribution in [3.63, 3.8) is 0 Å². The number of ketones is 1. The number of nitrogens with one attached hydrogen (secondary N) is 1. The van der Waals surface area contributed by atoms with Crippen LogP contribution < -0.4 is 5.32 Å². The van der Waals surface area contributed by atoms with E-state index in [4.69, 9.17) is 0 Å². The molecule has 3 heteroatoms. The fourth-order valence-corrected chi connectivity index (χ4v) is 2.83. The van der Waals surface area contributed by atoms with Gasteiger partial charge in [-0.3, -0.25) is 4.79 Å². The lowest BCUT2D eigenvalue weighted by Crippen LogP contribution is -2.11. The van der Waals surface area contributed by atoms with Crippen molar-refractivity contribution in [1.82, 2.24) is 0 Å². The highest BCUT2D eigenvalue weighted by Crippen LogP contribution is 2.18. The van der Waals surface area contributed by atoms with E-state index in [1.807, 2.05) is 66.7 Å². The summed E-state index contributed by atoms with van der Waals surface area (Å²) < 4.78 is 0. The number of hydrogen-bond acceptors (Lipinski definition) is 2. The lowest BCUT2D eigenvalue weighted by atomic mass is 10.1. The molecule has 0 spiro atoms. The van der Waals surface area contributed by atoms with Crippen LogP contribution in [0.1, 0.15) is 35.7 Å². The van der Waals surface area contributed by atoms with Crippen molar-refractivity contribution >= 4 is 28.2 Å². The predicted molar refractivity (Wildman–Crippen MR) is 102 cm³/mol. The standard InChI is InChI=1S/C22H21NO2/c1-16(24)5-4-6-17-9-13-21(14-10-17)23-22(25)20-12-11-18-7-2-3-8-19(18)15-20/h2-3,7-15H,4-6H2,1H3,(H,23,25). The first kappa shape index (κ1) is 16.9. The third kappa shape index (κ3) is 4.54. The highest BCUT2D eigenvalue weighted by atomic mass is 16.1. The summed E-state index contributed by atoms with van der Waals surface area (Å²) in [7, 11) is 0. The molecule has 0 saturated carbocycles. The van der Waals surface area contributed by atoms with Crippen molar-refractivity contribution < 1.29 is 9.59 Å². The molecule has 126 valence electrons. The summed E-state index contributed by atoms with van der Waals surface area (Å²) in [4.78, 5) is 23.4. The summed E-state index contributed by atoms with van der Waals surface area (Å²) in [5.41, 5.74) is 2.59. The van der Waals surface area contributed by atoms with E-state index in [-0.39, 0.29) is 11.7 Å². The van der Waals surface area contributed by atoms with Crippen molar-refractivity contribution in [2.24, 2.45) is 0 Å². The van der Waals surface area contributed by atoms with Crippen LogP contribution in [0.5, 0.6) is 0 Å². The van der Waals surface area contributed by atoms with Gasteiger partial charge in [-0.05, 0) is 60.4 Å². The summed E-state index contributed by atoms with van der Waals surface area (Å²) in [5.74, 6) is 0.106. The third-order valence-electron chi connectivity index (χ3n) is 4.22. The minimum absolute atomic E-state index is 0.116. The van der Waals surface area contributed by atoms with Gasteiger partial charge < -0.3 is 10.1 Å². The SMILES string of the molecule is CC(=O)CCCc1ccc(NC(=O)c2ccc3ccccc3c2)cc1. The Morgan fingerprint density at radius 3 is 2.32 bits per heavy atom. The third-order valence-corrected chi connectivity index (χ3v) is 4.22. The van der Waals surface area contributed by atoms with Gasteiger partial charge in [-0.25, -0.2) is 0 Å². The summed E-state index contributed by atoms with van der Waals surface area (Å²) in [5, 5.41) is 5.10. The fourth-order valence-electron chi connectivity index (χ4n) is 2.83. The molecule has 1 N–H and O–H groups in total. The van der Waals surface area contributed by atoms with Gasteiger partial charge in [-0.15, -0.1) is 0 Å². The molecular weight excluding hydrogens is 310 g/mol. The molecule has 3 rings (SSSR count). The maximum Gasteiger partial charge on any atom is 0.255 e. The maximum atomic E-state index is 12.4. The second-order valence-electron chi connectivity index (χ2n) is 6.27. The minimum atomic E-state index is -0.116. The van der Waals surface area contributed by atoms with Gasteiger partial charge in [-0.2, -0.15) is 0 Å². The molecule has 0 aliphatic carbocycles. The number of anilines is 1. The molecule has 0 saturated heterocycles. The molecule has 0 heterocycles. The van der Waals surface area contributed by atoms with E-state index in [9.17, 15) is 9.59 Å². The quantitative estimate of drug-likeness (QED) is 0.690. The molecule has 0 atom stereocenters. The summed E-state index contributed by atoms with van der Waals surface area (Å²) in [6.45, 7) is 1.62. The molecular formula is C22H21NO2. The predicted octanol–water partition coefficient (Wildman–Crippen LogP) is 5.00. The van der Waals surface area contributed by atoms with Gasteiger partial charge in [0.05, 0.1) is 0 Å². The monoisotopic (exact) mass is 331 g/mol. The zero-order chi connectivity index (χ0) is 17.6. The Morgan fingerprint density at radius 1 is 0.880 bits per heavy atom. The first-order valence-corrected chi connectivity index (χ1v) is 8.50. The highest BCUT2D eigenvalue weighted by molar-refractivity contribution is 6.06. The maximum absolute atomic E-state index is 12.4. The average molecular weight is 331 g/mol. The Balaban J connectivity index is 1.64. The van der Waals surface area contributed by atoms with Crippen LogP contribution in [0.15, 0.2) is 66.7 Å². The molecule has 25 heavy (non-hydrogen) atoms. The molecule has 3 nitrogen and oxygen atoms in total. The van der Waals surface area contributed by atoms with Crippen LogP contribution in [0.25, 0.3) is 10.8 Å². The molecule has 0 fully saturated rings. The Morgan fingerprint density at radius 2 is 1.60 bits per heavy atom. The van der Waals surface area contributed by atoms with E-state index >= 15 is 0 Å². The molecule has 0 aliphatic heterocycles. The number of benzene rings is 3. The number of Topliss-reactive ketones (excluding diaryl/α,β-unsaturated/α-hetero) is 1. The molecule has 1 amide bonds. The molecule has 0 aliphatic rings. The van der Waals surface area contributed by atoms with Gasteiger partial charge in [0, 0.05) is 17.7 Å². The number of amides is 1. The molecule has 0 aromatic heterocycles. The zero-order valence-electron chi connectivity index (χ0n) is 14.3. The van der Waals surface area contributed by atoms with Crippen molar-refractivity contribution in [2.45, 2.75) is 26.2 Å². The first-order valence-electron chi connectivity index (χ1n) is 8.50. The molecule has 3 aromatic carbocycles. The van der Waals surface area contributed by atoms with Crippen molar-refractivity contribution in [2.75, 3.05) is 5.32 Å². The fraction of sp³-hybridized carbons (Fsp3) is 0.182. The number of hydrogen-bond donors (Lipinski definition) is 1. The molecule has 0 bridgehead atoms. The van der Waals surface area contributed by atoms with Crippen molar-refractivity contribution in [1.29, 1.82) is 0 Å². The summed E-state index contributed by atoms with van der Waals surface area (Å²) in [6.07, 6.45) is 2.34. The summed E-state index contributed by atoms with van der Waals surface area (Å²) in [6, 6.07) is 21.5. The smallest absolute Gasteiger partial charge is 0.255 e. The van der Waals surface area contributed by atoms with Gasteiger partial charge in [0.1, 0.15) is 5.78 Å². The van der Waals surface area contributed by atoms with Crippen LogP contribution in [-0.4, -0.2) is 11.7 Å². The van der Waals surface area contributed by atoms with E-state index in [1.165, 1.54) is 5.56 Å². The minimum Gasteiger partial charge on any atom is -0.322 e. The highest BCUT2D eigenvalue weighted by Gasteiger charge is 2.07. The molecule has 0 unspecified atom stereocenters. The number of aryl methyl sites for hydroxylation is 1. The Hall–Kier alpha value is -2.94. The van der Waals surface area contributed by atoms with Crippen LogP contribution in [0.3, 0.4) is 0 Å². The van der Waals surface area contributed by atoms with Crippen LogP contribution in [0.4, 0.5) is 5.69 Å². The van der Waals surface area contributed by atoms with Gasteiger partial charge >= 0.3 is 0 Å². The van der Waals surface area contributed by atoms with Gasteiger partial charge in [-0.1, -0.05) is 42.5 Å². The number of carbonyl (C=O) groups is 2. The topological polar surface area (TPSA) is 46.2 Å². The Labute approximate surface area is 147 Å². The number of fused-ring (bicyclic) bond motifs is 1. The second kappa shape index (κ2) is 7.75. The van der Waals surface area contributed by atoms with E-state index in [2.05, 4.69) is 5.32 Å². The lowest BCUT2D eigenvalue weighted by Gasteiger charge is -2.08.